The minimum absolute atomic E-state index is 0.00732. The van der Waals surface area contributed by atoms with Gasteiger partial charge in [0.05, 0.1) is 25.3 Å². The predicted octanol–water partition coefficient (Wildman–Crippen LogP) is -1.09. The molecule has 0 aliphatic carbocycles. The van der Waals surface area contributed by atoms with Gasteiger partial charge in [0.2, 0.25) is 5.91 Å². The summed E-state index contributed by atoms with van der Waals surface area (Å²) in [6.45, 7) is 3.56. The molecule has 2 fully saturated rings. The van der Waals surface area contributed by atoms with Gasteiger partial charge in [-0.2, -0.15) is 0 Å². The van der Waals surface area contributed by atoms with E-state index in [0.29, 0.717) is 13.2 Å². The minimum Gasteiger partial charge on any atom is -0.378 e. The van der Waals surface area contributed by atoms with Crippen molar-refractivity contribution >= 4 is 5.91 Å². The number of aromatic nitrogens is 2. The van der Waals surface area contributed by atoms with Crippen LogP contribution in [0.5, 0.6) is 0 Å². The molecular formula is C15H22N4O4. The molecule has 0 radical (unpaired) electrons. The Morgan fingerprint density at radius 1 is 1.30 bits per heavy atom. The molecule has 2 atom stereocenters. The second-order valence-electron chi connectivity index (χ2n) is 6.08. The number of carbonyl (C=O) groups is 1. The van der Waals surface area contributed by atoms with E-state index in [1.54, 1.807) is 0 Å². The maximum Gasteiger partial charge on any atom is 0.328 e. The van der Waals surface area contributed by atoms with E-state index in [9.17, 15) is 14.4 Å². The van der Waals surface area contributed by atoms with E-state index in [2.05, 4.69) is 15.2 Å². The van der Waals surface area contributed by atoms with Gasteiger partial charge < -0.3 is 14.6 Å². The molecule has 0 bridgehead atoms. The molecule has 126 valence electrons. The Bertz CT molecular complexity index is 662. The number of hydrogen-bond acceptors (Lipinski definition) is 5. The van der Waals surface area contributed by atoms with Gasteiger partial charge in [0.25, 0.3) is 5.56 Å². The van der Waals surface area contributed by atoms with Gasteiger partial charge in [-0.25, -0.2) is 4.79 Å². The van der Waals surface area contributed by atoms with E-state index >= 15 is 0 Å². The first-order chi connectivity index (χ1) is 11.1. The Labute approximate surface area is 133 Å². The second kappa shape index (κ2) is 7.10. The maximum absolute atomic E-state index is 12.1. The fraction of sp³-hybridized carbons (Fsp3) is 0.667. The third kappa shape index (κ3) is 3.89. The van der Waals surface area contributed by atoms with Crippen LogP contribution in [0.3, 0.4) is 0 Å². The lowest BCUT2D eigenvalue weighted by Crippen LogP contribution is -2.50. The van der Waals surface area contributed by atoms with Gasteiger partial charge in [0, 0.05) is 25.2 Å². The summed E-state index contributed by atoms with van der Waals surface area (Å²) < 4.78 is 6.85. The van der Waals surface area contributed by atoms with Crippen LogP contribution in [-0.4, -0.2) is 58.7 Å². The average molecular weight is 322 g/mol. The Morgan fingerprint density at radius 3 is 2.83 bits per heavy atom. The maximum atomic E-state index is 12.1. The first-order valence-corrected chi connectivity index (χ1v) is 8.04. The molecule has 23 heavy (non-hydrogen) atoms. The molecule has 3 heterocycles. The van der Waals surface area contributed by atoms with Crippen LogP contribution in [0.25, 0.3) is 0 Å². The number of nitrogens with one attached hydrogen (secondary N) is 2. The van der Waals surface area contributed by atoms with Crippen molar-refractivity contribution in [1.29, 1.82) is 0 Å². The fourth-order valence-corrected chi connectivity index (χ4v) is 3.24. The largest absolute Gasteiger partial charge is 0.378 e. The first kappa shape index (κ1) is 15.9. The molecular weight excluding hydrogens is 300 g/mol. The van der Waals surface area contributed by atoms with Crippen molar-refractivity contribution in [3.63, 3.8) is 0 Å². The molecule has 1 aromatic heterocycles. The lowest BCUT2D eigenvalue weighted by molar-refractivity contribution is -0.122. The number of amides is 1. The summed E-state index contributed by atoms with van der Waals surface area (Å²) >= 11 is 0. The molecule has 0 spiro atoms. The average Bonchev–Trinajstić information content (AvgIpc) is 3.17. The molecule has 8 heteroatoms. The van der Waals surface area contributed by atoms with Crippen LogP contribution in [0.2, 0.25) is 0 Å². The number of H-pyrrole nitrogens is 1. The molecule has 3 rings (SSSR count). The number of nitrogens with zero attached hydrogens (tertiary/aromatic N) is 2. The van der Waals surface area contributed by atoms with Crippen LogP contribution in [0.4, 0.5) is 0 Å². The van der Waals surface area contributed by atoms with Crippen LogP contribution in [0, 0.1) is 0 Å². The van der Waals surface area contributed by atoms with Gasteiger partial charge in [-0.15, -0.1) is 0 Å². The van der Waals surface area contributed by atoms with Gasteiger partial charge in [-0.05, 0) is 25.9 Å². The number of likely N-dealkylation sites (tertiary alicyclic amines) is 1. The first-order valence-electron chi connectivity index (χ1n) is 8.04. The van der Waals surface area contributed by atoms with Crippen LogP contribution in [0.15, 0.2) is 21.9 Å². The number of rotatable bonds is 5. The minimum atomic E-state index is -0.496. The third-order valence-electron chi connectivity index (χ3n) is 4.48. The topological polar surface area (TPSA) is 96.4 Å². The zero-order valence-electron chi connectivity index (χ0n) is 13.0. The summed E-state index contributed by atoms with van der Waals surface area (Å²) in [5.41, 5.74) is -0.934. The number of ether oxygens (including phenoxy) is 1. The third-order valence-corrected chi connectivity index (χ3v) is 4.48. The number of aryl methyl sites for hydroxylation is 1. The fourth-order valence-electron chi connectivity index (χ4n) is 3.24. The lowest BCUT2D eigenvalue weighted by Gasteiger charge is -2.27. The molecule has 2 N–H and O–H groups in total. The van der Waals surface area contributed by atoms with Gasteiger partial charge in [0.15, 0.2) is 0 Å². The lowest BCUT2D eigenvalue weighted by atomic mass is 10.1. The zero-order valence-corrected chi connectivity index (χ0v) is 13.0. The molecule has 2 aliphatic rings. The van der Waals surface area contributed by atoms with E-state index in [4.69, 9.17) is 4.74 Å². The predicted molar refractivity (Wildman–Crippen MR) is 83.3 cm³/mol. The smallest absolute Gasteiger partial charge is 0.328 e. The highest BCUT2D eigenvalue weighted by Crippen LogP contribution is 2.19. The summed E-state index contributed by atoms with van der Waals surface area (Å²) in [5.74, 6) is -0.109. The summed E-state index contributed by atoms with van der Waals surface area (Å²) in [6.07, 6.45) is 3.99. The van der Waals surface area contributed by atoms with Crippen LogP contribution in [0.1, 0.15) is 19.3 Å². The molecule has 1 aromatic rings. The van der Waals surface area contributed by atoms with E-state index < -0.39 is 11.2 Å². The Morgan fingerprint density at radius 2 is 2.09 bits per heavy atom. The van der Waals surface area contributed by atoms with Crippen molar-refractivity contribution < 1.29 is 9.53 Å². The van der Waals surface area contributed by atoms with Crippen molar-refractivity contribution in [2.75, 3.05) is 26.3 Å². The normalized spacial score (nSPS) is 24.9. The molecule has 2 aliphatic heterocycles. The highest BCUT2D eigenvalue weighted by molar-refractivity contribution is 5.76. The molecule has 0 unspecified atom stereocenters. The van der Waals surface area contributed by atoms with Crippen LogP contribution in [-0.2, 0) is 16.1 Å². The second-order valence-corrected chi connectivity index (χ2v) is 6.08. The Balaban J connectivity index is 1.52. The molecule has 2 saturated heterocycles. The Kier molecular flexibility index (Phi) is 4.92. The standard InChI is InChI=1S/C15H22N4O4/c20-13(3-7-19-8-4-14(21)17-15(19)22)16-11-9-23-10-12(11)18-5-1-2-6-18/h4,8,11-12H,1-3,5-7,9-10H2,(H,16,20)(H,17,21,22)/t11-,12-/m1/s1. The highest BCUT2D eigenvalue weighted by Gasteiger charge is 2.35. The van der Waals surface area contributed by atoms with Crippen molar-refractivity contribution in [2.24, 2.45) is 0 Å². The Hall–Kier alpha value is -1.93. The number of carbonyl (C=O) groups excluding carboxylic acids is 1. The summed E-state index contributed by atoms with van der Waals surface area (Å²) in [7, 11) is 0. The number of aromatic amines is 1. The van der Waals surface area contributed by atoms with E-state index in [1.807, 2.05) is 0 Å². The van der Waals surface area contributed by atoms with Crippen molar-refractivity contribution in [2.45, 2.75) is 37.9 Å². The zero-order chi connectivity index (χ0) is 16.2. The summed E-state index contributed by atoms with van der Waals surface area (Å²) in [5, 5.41) is 3.01. The van der Waals surface area contributed by atoms with Crippen molar-refractivity contribution in [1.82, 2.24) is 19.8 Å². The molecule has 0 saturated carbocycles. The highest BCUT2D eigenvalue weighted by atomic mass is 16.5. The van der Waals surface area contributed by atoms with Crippen molar-refractivity contribution in [3.05, 3.63) is 33.1 Å². The van der Waals surface area contributed by atoms with Gasteiger partial charge in [0.1, 0.15) is 0 Å². The van der Waals surface area contributed by atoms with Gasteiger partial charge in [-0.3, -0.25) is 19.5 Å². The molecule has 1 amide bonds. The quantitative estimate of drug-likeness (QED) is 0.718. The van der Waals surface area contributed by atoms with Crippen molar-refractivity contribution in [3.8, 4) is 0 Å². The van der Waals surface area contributed by atoms with E-state index in [0.717, 1.165) is 13.1 Å². The monoisotopic (exact) mass is 322 g/mol. The van der Waals surface area contributed by atoms with E-state index in [1.165, 1.54) is 29.7 Å². The molecule has 8 nitrogen and oxygen atoms in total. The van der Waals surface area contributed by atoms with Crippen LogP contribution >= 0.6 is 0 Å². The SMILES string of the molecule is O=C(CCn1ccc(=O)[nH]c1=O)N[C@@H]1COC[C@H]1N1CCCC1. The molecule has 0 aromatic carbocycles. The summed E-state index contributed by atoms with van der Waals surface area (Å²) in [6, 6.07) is 1.53. The van der Waals surface area contributed by atoms with Gasteiger partial charge >= 0.3 is 5.69 Å². The summed E-state index contributed by atoms with van der Waals surface area (Å²) in [4.78, 5) is 39.3. The van der Waals surface area contributed by atoms with Crippen LogP contribution < -0.4 is 16.6 Å². The van der Waals surface area contributed by atoms with E-state index in [-0.39, 0.29) is 31.0 Å². The number of hydrogen-bond donors (Lipinski definition) is 2. The van der Waals surface area contributed by atoms with Gasteiger partial charge in [-0.1, -0.05) is 0 Å².